The van der Waals surface area contributed by atoms with Crippen molar-refractivity contribution in [3.05, 3.63) is 29.8 Å². The van der Waals surface area contributed by atoms with Gasteiger partial charge >= 0.3 is 18.0 Å². The molecule has 0 atom stereocenters. The Morgan fingerprint density at radius 1 is 1.10 bits per heavy atom. The predicted molar refractivity (Wildman–Crippen MR) is 72.1 cm³/mol. The normalized spacial score (nSPS) is 9.76. The van der Waals surface area contributed by atoms with Crippen LogP contribution in [0.3, 0.4) is 0 Å². The molecule has 3 N–H and O–H groups in total. The quantitative estimate of drug-likeness (QED) is 0.669. The molecular weight excluding hydrogens is 280 g/mol. The van der Waals surface area contributed by atoms with Gasteiger partial charge in [0.15, 0.2) is 0 Å². The molecule has 2 amide bonds. The van der Waals surface area contributed by atoms with Crippen LogP contribution < -0.4 is 10.1 Å². The number of methoxy groups -OCH3 is 1. The Balaban J connectivity index is 2.59. The number of ether oxygens (including phenoxy) is 1. The van der Waals surface area contributed by atoms with Crippen LogP contribution in [0.25, 0.3) is 0 Å². The van der Waals surface area contributed by atoms with Crippen LogP contribution in [0.2, 0.25) is 0 Å². The van der Waals surface area contributed by atoms with Crippen LogP contribution in [0.15, 0.2) is 24.3 Å². The van der Waals surface area contributed by atoms with Crippen LogP contribution in [-0.2, 0) is 16.1 Å². The molecule has 1 aromatic carbocycles. The largest absolute Gasteiger partial charge is 0.497 e. The van der Waals surface area contributed by atoms with Crippen molar-refractivity contribution in [1.29, 1.82) is 0 Å². The van der Waals surface area contributed by atoms with Crippen molar-refractivity contribution < 1.29 is 29.3 Å². The predicted octanol–water partition coefficient (Wildman–Crippen LogP) is 0.376. The summed E-state index contributed by atoms with van der Waals surface area (Å²) in [6, 6.07) is 6.15. The summed E-state index contributed by atoms with van der Waals surface area (Å²) in [6.45, 7) is -1.21. The Labute approximate surface area is 120 Å². The zero-order chi connectivity index (χ0) is 15.8. The number of hydrogen-bond acceptors (Lipinski definition) is 4. The second kappa shape index (κ2) is 7.73. The number of carbonyl (C=O) groups excluding carboxylic acids is 1. The zero-order valence-corrected chi connectivity index (χ0v) is 11.4. The molecule has 0 heterocycles. The van der Waals surface area contributed by atoms with Gasteiger partial charge in [0.1, 0.15) is 18.8 Å². The number of nitrogens with zero attached hydrogens (tertiary/aromatic N) is 1. The van der Waals surface area contributed by atoms with Gasteiger partial charge in [0.05, 0.1) is 7.11 Å². The van der Waals surface area contributed by atoms with Crippen LogP contribution in [-0.4, -0.2) is 53.3 Å². The van der Waals surface area contributed by atoms with Gasteiger partial charge in [0.2, 0.25) is 0 Å². The van der Waals surface area contributed by atoms with Gasteiger partial charge in [-0.1, -0.05) is 12.1 Å². The maximum Gasteiger partial charge on any atom is 0.323 e. The van der Waals surface area contributed by atoms with Crippen molar-refractivity contribution in [1.82, 2.24) is 10.2 Å². The summed E-state index contributed by atoms with van der Waals surface area (Å²) < 4.78 is 4.99. The van der Waals surface area contributed by atoms with Crippen molar-refractivity contribution in [2.75, 3.05) is 20.2 Å². The molecule has 114 valence electrons. The first-order chi connectivity index (χ1) is 9.92. The first-order valence-electron chi connectivity index (χ1n) is 6.01. The molecule has 0 aliphatic rings. The molecule has 21 heavy (non-hydrogen) atoms. The highest BCUT2D eigenvalue weighted by Gasteiger charge is 2.19. The fourth-order valence-electron chi connectivity index (χ4n) is 1.56. The van der Waals surface area contributed by atoms with E-state index in [2.05, 4.69) is 5.32 Å². The van der Waals surface area contributed by atoms with E-state index >= 15 is 0 Å². The van der Waals surface area contributed by atoms with Crippen LogP contribution in [0.1, 0.15) is 5.56 Å². The lowest BCUT2D eigenvalue weighted by Crippen LogP contribution is -2.45. The van der Waals surface area contributed by atoms with Gasteiger partial charge in [-0.2, -0.15) is 0 Å². The zero-order valence-electron chi connectivity index (χ0n) is 11.4. The summed E-state index contributed by atoms with van der Waals surface area (Å²) in [6.07, 6.45) is 0. The number of benzene rings is 1. The number of nitrogens with one attached hydrogen (secondary N) is 1. The fourth-order valence-corrected chi connectivity index (χ4v) is 1.56. The second-order valence-corrected chi connectivity index (χ2v) is 4.15. The number of hydrogen-bond donors (Lipinski definition) is 3. The first kappa shape index (κ1) is 16.3. The van der Waals surface area contributed by atoms with Crippen molar-refractivity contribution in [2.24, 2.45) is 0 Å². The first-order valence-corrected chi connectivity index (χ1v) is 6.01. The molecule has 0 radical (unpaired) electrons. The van der Waals surface area contributed by atoms with Gasteiger partial charge in [0.25, 0.3) is 0 Å². The van der Waals surface area contributed by atoms with E-state index in [4.69, 9.17) is 14.9 Å². The van der Waals surface area contributed by atoms with Crippen LogP contribution in [0.4, 0.5) is 4.79 Å². The van der Waals surface area contributed by atoms with Gasteiger partial charge in [-0.15, -0.1) is 0 Å². The Morgan fingerprint density at radius 3 is 2.05 bits per heavy atom. The number of amides is 2. The van der Waals surface area contributed by atoms with Crippen molar-refractivity contribution in [3.8, 4) is 5.75 Å². The summed E-state index contributed by atoms with van der Waals surface area (Å²) in [4.78, 5) is 33.7. The molecule has 8 heteroatoms. The minimum atomic E-state index is -1.28. The molecule has 0 saturated carbocycles. The summed E-state index contributed by atoms with van der Waals surface area (Å²) in [7, 11) is 1.53. The molecule has 0 aromatic heterocycles. The molecule has 0 spiro atoms. The average molecular weight is 296 g/mol. The third-order valence-electron chi connectivity index (χ3n) is 2.54. The van der Waals surface area contributed by atoms with E-state index in [-0.39, 0.29) is 6.54 Å². The topological polar surface area (TPSA) is 116 Å². The smallest absolute Gasteiger partial charge is 0.323 e. The highest BCUT2D eigenvalue weighted by molar-refractivity contribution is 5.84. The lowest BCUT2D eigenvalue weighted by Gasteiger charge is -2.19. The van der Waals surface area contributed by atoms with E-state index in [1.54, 1.807) is 24.3 Å². The molecule has 0 saturated heterocycles. The molecular formula is C13H16N2O6. The number of carboxylic acid groups (broad SMARTS) is 2. The third kappa shape index (κ3) is 5.81. The minimum Gasteiger partial charge on any atom is -0.497 e. The lowest BCUT2D eigenvalue weighted by atomic mass is 10.2. The molecule has 0 bridgehead atoms. The Bertz CT molecular complexity index is 498. The van der Waals surface area contributed by atoms with Gasteiger partial charge in [0, 0.05) is 6.54 Å². The van der Waals surface area contributed by atoms with Crippen molar-refractivity contribution in [2.45, 2.75) is 6.54 Å². The van der Waals surface area contributed by atoms with Crippen LogP contribution >= 0.6 is 0 Å². The number of rotatable bonds is 7. The number of carboxylic acids is 2. The van der Waals surface area contributed by atoms with Gasteiger partial charge in [-0.05, 0) is 17.7 Å². The third-order valence-corrected chi connectivity index (χ3v) is 2.54. The van der Waals surface area contributed by atoms with Crippen molar-refractivity contribution in [3.63, 3.8) is 0 Å². The van der Waals surface area contributed by atoms with Crippen LogP contribution in [0.5, 0.6) is 5.75 Å². The molecule has 1 aromatic rings. The van der Waals surface area contributed by atoms with E-state index < -0.39 is 31.1 Å². The fraction of sp³-hybridized carbons (Fsp3) is 0.308. The second-order valence-electron chi connectivity index (χ2n) is 4.15. The number of carbonyl (C=O) groups is 3. The van der Waals surface area contributed by atoms with E-state index in [0.29, 0.717) is 10.6 Å². The Kier molecular flexibility index (Phi) is 5.99. The van der Waals surface area contributed by atoms with E-state index in [9.17, 15) is 14.4 Å². The molecule has 0 aliphatic carbocycles. The van der Waals surface area contributed by atoms with Gasteiger partial charge < -0.3 is 25.2 Å². The maximum absolute atomic E-state index is 11.8. The van der Waals surface area contributed by atoms with E-state index in [1.165, 1.54) is 7.11 Å². The monoisotopic (exact) mass is 296 g/mol. The van der Waals surface area contributed by atoms with Gasteiger partial charge in [-0.25, -0.2) is 4.79 Å². The average Bonchev–Trinajstić information content (AvgIpc) is 2.43. The summed E-state index contributed by atoms with van der Waals surface area (Å²) in [5.41, 5.74) is 0.773. The minimum absolute atomic E-state index is 0.151. The highest BCUT2D eigenvalue weighted by atomic mass is 16.5. The van der Waals surface area contributed by atoms with Crippen LogP contribution in [0, 0.1) is 0 Å². The highest BCUT2D eigenvalue weighted by Crippen LogP contribution is 2.11. The van der Waals surface area contributed by atoms with Gasteiger partial charge in [-0.3, -0.25) is 9.59 Å². The number of aliphatic carboxylic acids is 2. The summed E-state index contributed by atoms with van der Waals surface area (Å²) in [5, 5.41) is 19.8. The molecule has 1 rings (SSSR count). The summed E-state index contributed by atoms with van der Waals surface area (Å²) in [5.74, 6) is -1.89. The van der Waals surface area contributed by atoms with E-state index in [0.717, 1.165) is 5.56 Å². The van der Waals surface area contributed by atoms with Crippen molar-refractivity contribution >= 4 is 18.0 Å². The Hall–Kier alpha value is -2.77. The SMILES string of the molecule is COc1ccc(CNC(=O)N(CC(=O)O)CC(=O)O)cc1. The maximum atomic E-state index is 11.8. The molecule has 0 aliphatic heterocycles. The molecule has 0 unspecified atom stereocenters. The molecule has 8 nitrogen and oxygen atoms in total. The summed E-state index contributed by atoms with van der Waals surface area (Å²) >= 11 is 0. The van der Waals surface area contributed by atoms with E-state index in [1.807, 2.05) is 0 Å². The lowest BCUT2D eigenvalue weighted by molar-refractivity contribution is -0.140. The molecule has 0 fully saturated rings. The standard InChI is InChI=1S/C13H16N2O6/c1-21-10-4-2-9(3-5-10)6-14-13(20)15(7-11(16)17)8-12(18)19/h2-5H,6-8H2,1H3,(H,14,20)(H,16,17)(H,18,19). The Morgan fingerprint density at radius 2 is 1.62 bits per heavy atom. The number of urea groups is 1.